The number of nitrogens with zero attached hydrogens (tertiary/aromatic N) is 1. The summed E-state index contributed by atoms with van der Waals surface area (Å²) in [6.07, 6.45) is 2.15. The summed E-state index contributed by atoms with van der Waals surface area (Å²) in [5.41, 5.74) is 8.28. The molecule has 134 valence electrons. The normalized spacial score (nSPS) is 18.9. The third-order valence-electron chi connectivity index (χ3n) is 5.02. The van der Waals surface area contributed by atoms with Crippen LogP contribution in [0.15, 0.2) is 30.3 Å². The zero-order valence-corrected chi connectivity index (χ0v) is 15.9. The van der Waals surface area contributed by atoms with E-state index in [-0.39, 0.29) is 11.9 Å². The van der Waals surface area contributed by atoms with Gasteiger partial charge in [0.15, 0.2) is 0 Å². The van der Waals surface area contributed by atoms with E-state index < -0.39 is 0 Å². The average Bonchev–Trinajstić information content (AvgIpc) is 3.03. The van der Waals surface area contributed by atoms with E-state index in [4.69, 9.17) is 10.5 Å². The SMILES string of the molecule is COc1ccc(-c2cc(C(=O)N3CCCC(C(C)N)C3)sc2C)cc1. The number of carbonyl (C=O) groups is 1. The van der Waals surface area contributed by atoms with Crippen molar-refractivity contribution in [1.82, 2.24) is 4.90 Å². The molecule has 3 rings (SSSR count). The molecular formula is C20H26N2O2S. The lowest BCUT2D eigenvalue weighted by molar-refractivity contribution is 0.0666. The largest absolute Gasteiger partial charge is 0.497 e. The van der Waals surface area contributed by atoms with Gasteiger partial charge in [-0.05, 0) is 61.9 Å². The van der Waals surface area contributed by atoms with E-state index in [0.29, 0.717) is 5.92 Å². The second kappa shape index (κ2) is 7.58. The van der Waals surface area contributed by atoms with Crippen molar-refractivity contribution in [1.29, 1.82) is 0 Å². The molecular weight excluding hydrogens is 332 g/mol. The van der Waals surface area contributed by atoms with Crippen molar-refractivity contribution in [3.63, 3.8) is 0 Å². The number of likely N-dealkylation sites (tertiary alicyclic amines) is 1. The maximum Gasteiger partial charge on any atom is 0.263 e. The van der Waals surface area contributed by atoms with Crippen LogP contribution in [0.3, 0.4) is 0 Å². The number of nitrogens with two attached hydrogens (primary N) is 1. The first-order chi connectivity index (χ1) is 12.0. The molecule has 25 heavy (non-hydrogen) atoms. The van der Waals surface area contributed by atoms with Gasteiger partial charge in [0.25, 0.3) is 5.91 Å². The van der Waals surface area contributed by atoms with Crippen LogP contribution in [0.2, 0.25) is 0 Å². The monoisotopic (exact) mass is 358 g/mol. The molecule has 0 radical (unpaired) electrons. The molecule has 0 bridgehead atoms. The van der Waals surface area contributed by atoms with Crippen LogP contribution in [0.5, 0.6) is 5.75 Å². The van der Waals surface area contributed by atoms with Gasteiger partial charge in [-0.15, -0.1) is 11.3 Å². The van der Waals surface area contributed by atoms with Gasteiger partial charge in [0, 0.05) is 24.0 Å². The summed E-state index contributed by atoms with van der Waals surface area (Å²) < 4.78 is 5.22. The summed E-state index contributed by atoms with van der Waals surface area (Å²) in [5.74, 6) is 1.38. The van der Waals surface area contributed by atoms with Crippen molar-refractivity contribution in [3.8, 4) is 16.9 Å². The zero-order chi connectivity index (χ0) is 18.0. The van der Waals surface area contributed by atoms with Crippen LogP contribution in [-0.4, -0.2) is 37.0 Å². The second-order valence-corrected chi connectivity index (χ2v) is 8.08. The van der Waals surface area contributed by atoms with E-state index in [1.165, 1.54) is 0 Å². The first-order valence-electron chi connectivity index (χ1n) is 8.79. The van der Waals surface area contributed by atoms with E-state index in [0.717, 1.165) is 52.6 Å². The molecule has 1 fully saturated rings. The Balaban J connectivity index is 1.80. The number of piperidine rings is 1. The molecule has 0 aliphatic carbocycles. The highest BCUT2D eigenvalue weighted by Gasteiger charge is 2.27. The van der Waals surface area contributed by atoms with Gasteiger partial charge in [0.2, 0.25) is 0 Å². The Bertz CT molecular complexity index is 737. The summed E-state index contributed by atoms with van der Waals surface area (Å²) in [6.45, 7) is 5.71. The van der Waals surface area contributed by atoms with Crippen LogP contribution in [0, 0.1) is 12.8 Å². The predicted octanol–water partition coefficient (Wildman–Crippen LogP) is 3.93. The van der Waals surface area contributed by atoms with Gasteiger partial charge in [-0.25, -0.2) is 0 Å². The first kappa shape index (κ1) is 18.0. The third kappa shape index (κ3) is 3.88. The molecule has 2 atom stereocenters. The number of aryl methyl sites for hydroxylation is 1. The summed E-state index contributed by atoms with van der Waals surface area (Å²) in [4.78, 5) is 16.9. The van der Waals surface area contributed by atoms with Gasteiger partial charge in [-0.1, -0.05) is 12.1 Å². The Labute approximate surface area is 153 Å². The number of benzene rings is 1. The number of hydrogen-bond acceptors (Lipinski definition) is 4. The molecule has 2 N–H and O–H groups in total. The maximum absolute atomic E-state index is 12.9. The summed E-state index contributed by atoms with van der Waals surface area (Å²) in [7, 11) is 1.66. The fourth-order valence-electron chi connectivity index (χ4n) is 3.42. The van der Waals surface area contributed by atoms with Crippen LogP contribution in [0.1, 0.15) is 34.3 Å². The Hall–Kier alpha value is -1.85. The Kier molecular flexibility index (Phi) is 5.45. The lowest BCUT2D eigenvalue weighted by Crippen LogP contribution is -2.44. The number of ether oxygens (including phenoxy) is 1. The molecule has 2 aromatic rings. The predicted molar refractivity (Wildman–Crippen MR) is 103 cm³/mol. The summed E-state index contributed by atoms with van der Waals surface area (Å²) in [5, 5.41) is 0. The molecule has 2 heterocycles. The van der Waals surface area contributed by atoms with Crippen LogP contribution in [0.4, 0.5) is 0 Å². The van der Waals surface area contributed by atoms with Crippen LogP contribution in [0.25, 0.3) is 11.1 Å². The minimum Gasteiger partial charge on any atom is -0.497 e. The third-order valence-corrected chi connectivity index (χ3v) is 6.06. The Morgan fingerprint density at radius 2 is 2.08 bits per heavy atom. The van der Waals surface area contributed by atoms with Crippen molar-refractivity contribution >= 4 is 17.2 Å². The maximum atomic E-state index is 12.9. The number of hydrogen-bond donors (Lipinski definition) is 1. The standard InChI is InChI=1S/C20H26N2O2S/c1-13(21)16-5-4-10-22(12-16)20(23)19-11-18(14(2)25-19)15-6-8-17(24-3)9-7-15/h6-9,11,13,16H,4-5,10,12,21H2,1-3H3. The molecule has 1 aliphatic heterocycles. The highest BCUT2D eigenvalue weighted by Crippen LogP contribution is 2.33. The molecule has 5 heteroatoms. The quantitative estimate of drug-likeness (QED) is 0.901. The number of methoxy groups -OCH3 is 1. The van der Waals surface area contributed by atoms with Crippen molar-refractivity contribution < 1.29 is 9.53 Å². The minimum atomic E-state index is 0.135. The molecule has 1 saturated heterocycles. The van der Waals surface area contributed by atoms with E-state index in [1.807, 2.05) is 42.2 Å². The Morgan fingerprint density at radius 1 is 1.36 bits per heavy atom. The molecule has 4 nitrogen and oxygen atoms in total. The Morgan fingerprint density at radius 3 is 2.72 bits per heavy atom. The summed E-state index contributed by atoms with van der Waals surface area (Å²) >= 11 is 1.58. The van der Waals surface area contributed by atoms with Gasteiger partial charge in [-0.3, -0.25) is 4.79 Å². The molecule has 1 aromatic heterocycles. The van der Waals surface area contributed by atoms with Gasteiger partial charge >= 0.3 is 0 Å². The highest BCUT2D eigenvalue weighted by atomic mass is 32.1. The smallest absolute Gasteiger partial charge is 0.263 e. The van der Waals surface area contributed by atoms with E-state index in [1.54, 1.807) is 18.4 Å². The van der Waals surface area contributed by atoms with Crippen molar-refractivity contribution in [3.05, 3.63) is 40.1 Å². The van der Waals surface area contributed by atoms with Crippen LogP contribution >= 0.6 is 11.3 Å². The molecule has 2 unspecified atom stereocenters. The van der Waals surface area contributed by atoms with E-state index in [2.05, 4.69) is 6.92 Å². The van der Waals surface area contributed by atoms with Crippen molar-refractivity contribution in [2.75, 3.05) is 20.2 Å². The van der Waals surface area contributed by atoms with Crippen LogP contribution < -0.4 is 10.5 Å². The topological polar surface area (TPSA) is 55.6 Å². The second-order valence-electron chi connectivity index (χ2n) is 6.82. The molecule has 0 saturated carbocycles. The number of thiophene rings is 1. The number of rotatable bonds is 4. The zero-order valence-electron chi connectivity index (χ0n) is 15.1. The number of amides is 1. The lowest BCUT2D eigenvalue weighted by atomic mass is 9.92. The van der Waals surface area contributed by atoms with Gasteiger partial charge in [0.05, 0.1) is 12.0 Å². The highest BCUT2D eigenvalue weighted by molar-refractivity contribution is 7.14. The molecule has 1 aromatic carbocycles. The van der Waals surface area contributed by atoms with Gasteiger partial charge < -0.3 is 15.4 Å². The van der Waals surface area contributed by atoms with Crippen LogP contribution in [-0.2, 0) is 0 Å². The van der Waals surface area contributed by atoms with Crippen molar-refractivity contribution in [2.24, 2.45) is 11.7 Å². The fraction of sp³-hybridized carbons (Fsp3) is 0.450. The van der Waals surface area contributed by atoms with Crippen molar-refractivity contribution in [2.45, 2.75) is 32.7 Å². The average molecular weight is 359 g/mol. The molecule has 0 spiro atoms. The molecule has 1 amide bonds. The fourth-order valence-corrected chi connectivity index (χ4v) is 4.43. The van der Waals surface area contributed by atoms with E-state index in [9.17, 15) is 4.79 Å². The van der Waals surface area contributed by atoms with Gasteiger partial charge in [0.1, 0.15) is 5.75 Å². The summed E-state index contributed by atoms with van der Waals surface area (Å²) in [6, 6.07) is 10.1. The van der Waals surface area contributed by atoms with E-state index >= 15 is 0 Å². The van der Waals surface area contributed by atoms with Gasteiger partial charge in [-0.2, -0.15) is 0 Å². The number of carbonyl (C=O) groups excluding carboxylic acids is 1. The lowest BCUT2D eigenvalue weighted by Gasteiger charge is -2.34. The first-order valence-corrected chi connectivity index (χ1v) is 9.61. The minimum absolute atomic E-state index is 0.135. The molecule has 1 aliphatic rings.